The van der Waals surface area contributed by atoms with Gasteiger partial charge in [-0.25, -0.2) is 0 Å². The molecular formula is C17H20NO3P. The molecule has 22 heavy (non-hydrogen) atoms. The topological polar surface area (TPSA) is 47.6 Å². The lowest BCUT2D eigenvalue weighted by Crippen LogP contribution is -2.30. The van der Waals surface area contributed by atoms with Crippen LogP contribution in [-0.4, -0.2) is 12.0 Å². The van der Waals surface area contributed by atoms with Gasteiger partial charge in [-0.3, -0.25) is 9.88 Å². The molecule has 2 atom stereocenters. The summed E-state index contributed by atoms with van der Waals surface area (Å²) < 4.78 is 10.8. The molecule has 1 N–H and O–H groups in total. The van der Waals surface area contributed by atoms with Crippen molar-refractivity contribution < 1.29 is 14.1 Å². The fourth-order valence-electron chi connectivity index (χ4n) is 1.70. The van der Waals surface area contributed by atoms with E-state index in [1.165, 1.54) is 5.56 Å². The Labute approximate surface area is 132 Å². The third-order valence-corrected chi connectivity index (χ3v) is 3.93. The highest BCUT2D eigenvalue weighted by Gasteiger charge is 2.14. The predicted octanol–water partition coefficient (Wildman–Crippen LogP) is 3.60. The first kappa shape index (κ1) is 16.5. The number of carbonyl (C=O) groups is 1. The molecule has 0 fully saturated rings. The smallest absolute Gasteiger partial charge is 0.323 e. The number of aryl methyl sites for hydroxylation is 1. The number of ether oxygens (including phenoxy) is 1. The van der Waals surface area contributed by atoms with Crippen molar-refractivity contribution in [3.8, 4) is 5.75 Å². The third-order valence-electron chi connectivity index (χ3n) is 3.04. The van der Waals surface area contributed by atoms with E-state index in [9.17, 15) is 4.79 Å². The lowest BCUT2D eigenvalue weighted by atomic mass is 10.2. The van der Waals surface area contributed by atoms with E-state index in [2.05, 4.69) is 5.09 Å². The number of hydrogen-bond acceptors (Lipinski definition) is 4. The first-order chi connectivity index (χ1) is 10.6. The maximum atomic E-state index is 11.9. The van der Waals surface area contributed by atoms with Gasteiger partial charge in [0.25, 0.3) is 0 Å². The van der Waals surface area contributed by atoms with Crippen LogP contribution in [0, 0.1) is 6.92 Å². The predicted molar refractivity (Wildman–Crippen MR) is 89.0 cm³/mol. The summed E-state index contributed by atoms with van der Waals surface area (Å²) in [5.41, 5.74) is 2.16. The normalized spacial score (nSPS) is 12.3. The van der Waals surface area contributed by atoms with E-state index in [1.807, 2.05) is 61.5 Å². The van der Waals surface area contributed by atoms with Crippen molar-refractivity contribution in [2.24, 2.45) is 0 Å². The molecule has 2 aromatic carbocycles. The molecule has 5 heteroatoms. The van der Waals surface area contributed by atoms with Gasteiger partial charge in [0.1, 0.15) is 27.4 Å². The summed E-state index contributed by atoms with van der Waals surface area (Å²) in [6.45, 7) is 4.07. The molecule has 0 aliphatic carbocycles. The minimum atomic E-state index is -0.410. The van der Waals surface area contributed by atoms with Crippen molar-refractivity contribution in [1.82, 2.24) is 5.09 Å². The molecule has 0 radical (unpaired) electrons. The quantitative estimate of drug-likeness (QED) is 0.626. The van der Waals surface area contributed by atoms with Crippen LogP contribution >= 0.6 is 8.96 Å². The Morgan fingerprint density at radius 2 is 1.82 bits per heavy atom. The molecule has 0 spiro atoms. The highest BCUT2D eigenvalue weighted by Crippen LogP contribution is 2.19. The highest BCUT2D eigenvalue weighted by molar-refractivity contribution is 7.30. The molecule has 0 aliphatic rings. The Morgan fingerprint density at radius 1 is 1.14 bits per heavy atom. The second kappa shape index (κ2) is 8.52. The lowest BCUT2D eigenvalue weighted by Gasteiger charge is -2.13. The molecule has 0 aromatic heterocycles. The molecule has 0 bridgehead atoms. The minimum Gasteiger partial charge on any atom is -0.461 e. The average Bonchev–Trinajstić information content (AvgIpc) is 2.55. The number of rotatable bonds is 7. The van der Waals surface area contributed by atoms with Crippen LogP contribution in [0.15, 0.2) is 54.6 Å². The van der Waals surface area contributed by atoms with Gasteiger partial charge in [0.15, 0.2) is 0 Å². The van der Waals surface area contributed by atoms with Gasteiger partial charge in [0.2, 0.25) is 0 Å². The zero-order valence-electron chi connectivity index (χ0n) is 12.7. The number of benzene rings is 2. The van der Waals surface area contributed by atoms with Crippen LogP contribution in [0.2, 0.25) is 0 Å². The maximum absolute atomic E-state index is 11.9. The fraction of sp³-hybridized carbons (Fsp3) is 0.235. The van der Waals surface area contributed by atoms with E-state index in [-0.39, 0.29) is 21.5 Å². The van der Waals surface area contributed by atoms with Gasteiger partial charge < -0.3 is 9.26 Å². The van der Waals surface area contributed by atoms with Crippen molar-refractivity contribution in [1.29, 1.82) is 0 Å². The molecule has 0 amide bonds. The molecular weight excluding hydrogens is 297 g/mol. The zero-order chi connectivity index (χ0) is 15.8. The SMILES string of the molecule is Cc1ccc(OPNC(C)C(=O)OCc2ccccc2)cc1. The van der Waals surface area contributed by atoms with Gasteiger partial charge in [0.05, 0.1) is 0 Å². The molecule has 2 unspecified atom stereocenters. The van der Waals surface area contributed by atoms with Gasteiger partial charge in [0, 0.05) is 0 Å². The second-order valence-corrected chi connectivity index (χ2v) is 5.67. The van der Waals surface area contributed by atoms with Crippen molar-refractivity contribution >= 4 is 14.9 Å². The summed E-state index contributed by atoms with van der Waals surface area (Å²) in [5.74, 6) is 0.491. The van der Waals surface area contributed by atoms with E-state index < -0.39 is 6.04 Å². The maximum Gasteiger partial charge on any atom is 0.323 e. The van der Waals surface area contributed by atoms with Crippen LogP contribution in [0.4, 0.5) is 0 Å². The summed E-state index contributed by atoms with van der Waals surface area (Å²) in [6, 6.07) is 17.0. The van der Waals surface area contributed by atoms with Crippen LogP contribution in [-0.2, 0) is 16.1 Å². The fourth-order valence-corrected chi connectivity index (χ4v) is 2.30. The molecule has 2 aromatic rings. The van der Waals surface area contributed by atoms with Crippen molar-refractivity contribution in [2.45, 2.75) is 26.5 Å². The highest BCUT2D eigenvalue weighted by atomic mass is 31.1. The third kappa shape index (κ3) is 5.47. The Hall–Kier alpha value is -1.90. The molecule has 0 saturated heterocycles. The summed E-state index contributed by atoms with van der Waals surface area (Å²) in [4.78, 5) is 11.9. The Kier molecular flexibility index (Phi) is 6.38. The molecule has 0 aliphatic heterocycles. The molecule has 4 nitrogen and oxygen atoms in total. The Bertz CT molecular complexity index is 587. The summed E-state index contributed by atoms with van der Waals surface area (Å²) >= 11 is 0. The summed E-state index contributed by atoms with van der Waals surface area (Å²) in [6.07, 6.45) is 0. The van der Waals surface area contributed by atoms with Gasteiger partial charge in [-0.05, 0) is 31.5 Å². The van der Waals surface area contributed by atoms with Crippen molar-refractivity contribution in [3.05, 3.63) is 65.7 Å². The van der Waals surface area contributed by atoms with Crippen LogP contribution in [0.5, 0.6) is 5.75 Å². The van der Waals surface area contributed by atoms with E-state index in [1.54, 1.807) is 6.92 Å². The van der Waals surface area contributed by atoms with Crippen LogP contribution in [0.3, 0.4) is 0 Å². The van der Waals surface area contributed by atoms with Gasteiger partial charge in [-0.15, -0.1) is 0 Å². The van der Waals surface area contributed by atoms with E-state index in [4.69, 9.17) is 9.26 Å². The van der Waals surface area contributed by atoms with Crippen LogP contribution in [0.25, 0.3) is 0 Å². The van der Waals surface area contributed by atoms with Crippen molar-refractivity contribution in [3.63, 3.8) is 0 Å². The standard InChI is InChI=1S/C17H20NO3P/c1-13-8-10-16(11-9-13)21-22-18-14(2)17(19)20-12-15-6-4-3-5-7-15/h3-11,14,18,22H,12H2,1-2H3. The van der Waals surface area contributed by atoms with Crippen LogP contribution < -0.4 is 9.61 Å². The second-order valence-electron chi connectivity index (χ2n) is 4.98. The number of carbonyl (C=O) groups excluding carboxylic acids is 1. The summed E-state index contributed by atoms with van der Waals surface area (Å²) in [5, 5.41) is 3.01. The van der Waals surface area contributed by atoms with Crippen molar-refractivity contribution in [2.75, 3.05) is 0 Å². The van der Waals surface area contributed by atoms with E-state index in [0.717, 1.165) is 11.3 Å². The molecule has 2 rings (SSSR count). The lowest BCUT2D eigenvalue weighted by molar-refractivity contribution is -0.146. The largest absolute Gasteiger partial charge is 0.461 e. The van der Waals surface area contributed by atoms with E-state index >= 15 is 0 Å². The Balaban J connectivity index is 1.69. The zero-order valence-corrected chi connectivity index (χ0v) is 13.7. The molecule has 0 heterocycles. The first-order valence-electron chi connectivity index (χ1n) is 7.10. The monoisotopic (exact) mass is 317 g/mol. The molecule has 0 saturated carbocycles. The van der Waals surface area contributed by atoms with Gasteiger partial charge >= 0.3 is 5.97 Å². The number of nitrogens with one attached hydrogen (secondary N) is 1. The first-order valence-corrected chi connectivity index (χ1v) is 8.00. The molecule has 116 valence electrons. The summed E-state index contributed by atoms with van der Waals surface area (Å²) in [7, 11) is -0.000321. The number of hydrogen-bond donors (Lipinski definition) is 1. The van der Waals surface area contributed by atoms with Crippen LogP contribution in [0.1, 0.15) is 18.1 Å². The van der Waals surface area contributed by atoms with Gasteiger partial charge in [-0.1, -0.05) is 48.0 Å². The minimum absolute atomic E-state index is 0.000321. The number of esters is 1. The van der Waals surface area contributed by atoms with E-state index in [0.29, 0.717) is 0 Å². The van der Waals surface area contributed by atoms with Gasteiger partial charge in [-0.2, -0.15) is 0 Å². The average molecular weight is 317 g/mol. The Morgan fingerprint density at radius 3 is 2.50 bits per heavy atom.